The highest BCUT2D eigenvalue weighted by Crippen LogP contribution is 2.31. The summed E-state index contributed by atoms with van der Waals surface area (Å²) in [6.07, 6.45) is 2.32. The second-order valence-corrected chi connectivity index (χ2v) is 8.59. The Hall–Kier alpha value is -2.95. The summed E-state index contributed by atoms with van der Waals surface area (Å²) in [5, 5.41) is 15.8. The highest BCUT2D eigenvalue weighted by molar-refractivity contribution is 6.30. The first kappa shape index (κ1) is 20.0. The highest BCUT2D eigenvalue weighted by atomic mass is 35.5. The van der Waals surface area contributed by atoms with Gasteiger partial charge in [0.1, 0.15) is 5.69 Å². The summed E-state index contributed by atoms with van der Waals surface area (Å²) in [6, 6.07) is 27.2. The van der Waals surface area contributed by atoms with E-state index in [4.69, 9.17) is 11.6 Å². The molecule has 5 rings (SSSR count). The average molecular weight is 429 g/mol. The van der Waals surface area contributed by atoms with Crippen LogP contribution in [0.4, 0.5) is 5.82 Å². The molecule has 2 heterocycles. The first-order chi connectivity index (χ1) is 15.3. The predicted octanol–water partition coefficient (Wildman–Crippen LogP) is 6.03. The molecule has 5 heteroatoms. The Morgan fingerprint density at radius 2 is 1.61 bits per heavy atom. The second kappa shape index (κ2) is 9.04. The summed E-state index contributed by atoms with van der Waals surface area (Å²) in [7, 11) is 0. The Labute approximate surface area is 187 Å². The molecular formula is C26H25ClN4. The monoisotopic (exact) mass is 428 g/mol. The molecule has 4 nitrogen and oxygen atoms in total. The number of piperidine rings is 1. The number of hydrogen-bond donors (Lipinski definition) is 1. The topological polar surface area (TPSA) is 41.1 Å². The number of rotatable bonds is 5. The number of nitrogens with zero attached hydrogens (tertiary/aromatic N) is 3. The summed E-state index contributed by atoms with van der Waals surface area (Å²) in [5.41, 5.74) is 3.26. The van der Waals surface area contributed by atoms with Crippen LogP contribution in [-0.2, 0) is 6.54 Å². The lowest BCUT2D eigenvalue weighted by Gasteiger charge is -2.33. The molecule has 1 aliphatic rings. The van der Waals surface area contributed by atoms with Crippen LogP contribution in [0.3, 0.4) is 0 Å². The van der Waals surface area contributed by atoms with Crippen LogP contribution in [-0.4, -0.2) is 34.2 Å². The molecule has 3 aromatic carbocycles. The van der Waals surface area contributed by atoms with Crippen molar-refractivity contribution < 1.29 is 0 Å². The van der Waals surface area contributed by atoms with Crippen molar-refractivity contribution in [2.45, 2.75) is 25.4 Å². The molecule has 1 saturated heterocycles. The van der Waals surface area contributed by atoms with Crippen LogP contribution >= 0.6 is 11.6 Å². The fourth-order valence-corrected chi connectivity index (χ4v) is 4.51. The van der Waals surface area contributed by atoms with Gasteiger partial charge in [-0.2, -0.15) is 0 Å². The van der Waals surface area contributed by atoms with E-state index in [1.54, 1.807) is 0 Å². The van der Waals surface area contributed by atoms with Crippen LogP contribution in [0.15, 0.2) is 78.9 Å². The van der Waals surface area contributed by atoms with Gasteiger partial charge in [0, 0.05) is 40.5 Å². The van der Waals surface area contributed by atoms with Crippen molar-refractivity contribution in [3.05, 3.63) is 89.4 Å². The fraction of sp³-hybridized carbons (Fsp3) is 0.231. The molecule has 1 fully saturated rings. The largest absolute Gasteiger partial charge is 0.364 e. The van der Waals surface area contributed by atoms with E-state index in [2.05, 4.69) is 75.0 Å². The van der Waals surface area contributed by atoms with Gasteiger partial charge in [0.2, 0.25) is 0 Å². The molecule has 156 valence electrons. The Morgan fingerprint density at radius 1 is 0.871 bits per heavy atom. The molecule has 31 heavy (non-hydrogen) atoms. The summed E-state index contributed by atoms with van der Waals surface area (Å²) < 4.78 is 0. The number of fused-ring (bicyclic) bond motifs is 1. The molecule has 4 aromatic rings. The third kappa shape index (κ3) is 4.55. The smallest absolute Gasteiger partial charge is 0.156 e. The van der Waals surface area contributed by atoms with Crippen molar-refractivity contribution in [2.24, 2.45) is 0 Å². The van der Waals surface area contributed by atoms with Crippen LogP contribution in [0.5, 0.6) is 0 Å². The Balaban J connectivity index is 1.38. The van der Waals surface area contributed by atoms with E-state index in [1.807, 2.05) is 24.3 Å². The maximum atomic E-state index is 6.06. The Bertz CT molecular complexity index is 1160. The van der Waals surface area contributed by atoms with E-state index in [1.165, 1.54) is 12.0 Å². The van der Waals surface area contributed by atoms with Crippen molar-refractivity contribution in [2.75, 3.05) is 18.4 Å². The standard InChI is InChI=1S/C26H25ClN4/c27-21-14-12-20(13-15-21)25-23-10-4-5-11-24(23)26(30-29-25)28-22-9-6-16-31(18-22)17-19-7-2-1-3-8-19/h1-5,7-8,10-15,22H,6,9,16-18H2,(H,28,30). The van der Waals surface area contributed by atoms with Gasteiger partial charge in [-0.25, -0.2) is 0 Å². The lowest BCUT2D eigenvalue weighted by atomic mass is 10.0. The molecule has 1 unspecified atom stereocenters. The third-order valence-electron chi connectivity index (χ3n) is 5.90. The van der Waals surface area contributed by atoms with E-state index in [-0.39, 0.29) is 0 Å². The second-order valence-electron chi connectivity index (χ2n) is 8.15. The third-order valence-corrected chi connectivity index (χ3v) is 6.15. The molecule has 0 amide bonds. The van der Waals surface area contributed by atoms with E-state index in [0.29, 0.717) is 6.04 Å². The van der Waals surface area contributed by atoms with Crippen LogP contribution in [0.2, 0.25) is 5.02 Å². The number of nitrogens with one attached hydrogen (secondary N) is 1. The SMILES string of the molecule is Clc1ccc(-c2nnc(NC3CCCN(Cc4ccccc4)C3)c3ccccc23)cc1. The molecule has 1 aliphatic heterocycles. The van der Waals surface area contributed by atoms with E-state index in [0.717, 1.165) is 58.9 Å². The lowest BCUT2D eigenvalue weighted by molar-refractivity contribution is 0.208. The summed E-state index contributed by atoms with van der Waals surface area (Å²) in [4.78, 5) is 2.52. The van der Waals surface area contributed by atoms with Crippen molar-refractivity contribution in [1.29, 1.82) is 0 Å². The zero-order chi connectivity index (χ0) is 21.0. The molecule has 0 saturated carbocycles. The summed E-state index contributed by atoms with van der Waals surface area (Å²) in [5.74, 6) is 0.861. The van der Waals surface area contributed by atoms with Gasteiger partial charge < -0.3 is 5.32 Å². The van der Waals surface area contributed by atoms with Gasteiger partial charge >= 0.3 is 0 Å². The average Bonchev–Trinajstić information content (AvgIpc) is 2.81. The molecule has 0 aliphatic carbocycles. The first-order valence-corrected chi connectivity index (χ1v) is 11.2. The Kier molecular flexibility index (Phi) is 5.83. The number of hydrogen-bond acceptors (Lipinski definition) is 4. The van der Waals surface area contributed by atoms with Gasteiger partial charge in [0.25, 0.3) is 0 Å². The zero-order valence-electron chi connectivity index (χ0n) is 17.3. The maximum absolute atomic E-state index is 6.06. The van der Waals surface area contributed by atoms with Gasteiger partial charge in [0.05, 0.1) is 0 Å². The summed E-state index contributed by atoms with van der Waals surface area (Å²) in [6.45, 7) is 3.12. The normalized spacial score (nSPS) is 17.0. The van der Waals surface area contributed by atoms with Crippen LogP contribution < -0.4 is 5.32 Å². The number of likely N-dealkylation sites (tertiary alicyclic amines) is 1. The number of halogens is 1. The quantitative estimate of drug-likeness (QED) is 0.421. The molecule has 1 aromatic heterocycles. The van der Waals surface area contributed by atoms with Crippen molar-refractivity contribution in [1.82, 2.24) is 15.1 Å². The number of aromatic nitrogens is 2. The van der Waals surface area contributed by atoms with E-state index >= 15 is 0 Å². The molecule has 1 atom stereocenters. The minimum absolute atomic E-state index is 0.358. The highest BCUT2D eigenvalue weighted by Gasteiger charge is 2.21. The number of anilines is 1. The molecule has 0 bridgehead atoms. The van der Waals surface area contributed by atoms with Crippen molar-refractivity contribution in [3.63, 3.8) is 0 Å². The lowest BCUT2D eigenvalue weighted by Crippen LogP contribution is -2.41. The van der Waals surface area contributed by atoms with E-state index < -0.39 is 0 Å². The zero-order valence-corrected chi connectivity index (χ0v) is 18.1. The Morgan fingerprint density at radius 3 is 2.42 bits per heavy atom. The van der Waals surface area contributed by atoms with Gasteiger partial charge in [0.15, 0.2) is 5.82 Å². The molecular weight excluding hydrogens is 404 g/mol. The van der Waals surface area contributed by atoms with Crippen LogP contribution in [0.1, 0.15) is 18.4 Å². The molecule has 1 N–H and O–H groups in total. The molecule has 0 spiro atoms. The van der Waals surface area contributed by atoms with Crippen LogP contribution in [0, 0.1) is 0 Å². The van der Waals surface area contributed by atoms with Gasteiger partial charge in [-0.15, -0.1) is 10.2 Å². The number of benzene rings is 3. The van der Waals surface area contributed by atoms with Gasteiger partial charge in [-0.3, -0.25) is 4.90 Å². The van der Waals surface area contributed by atoms with Crippen molar-refractivity contribution in [3.8, 4) is 11.3 Å². The molecule has 0 radical (unpaired) electrons. The minimum Gasteiger partial charge on any atom is -0.364 e. The van der Waals surface area contributed by atoms with Gasteiger partial charge in [-0.1, -0.05) is 78.3 Å². The summed E-state index contributed by atoms with van der Waals surface area (Å²) >= 11 is 6.06. The fourth-order valence-electron chi connectivity index (χ4n) is 4.38. The predicted molar refractivity (Wildman–Crippen MR) is 128 cm³/mol. The minimum atomic E-state index is 0.358. The maximum Gasteiger partial charge on any atom is 0.156 e. The van der Waals surface area contributed by atoms with Crippen LogP contribution in [0.25, 0.3) is 22.0 Å². The van der Waals surface area contributed by atoms with Gasteiger partial charge in [-0.05, 0) is 37.1 Å². The first-order valence-electron chi connectivity index (χ1n) is 10.8. The van der Waals surface area contributed by atoms with E-state index in [9.17, 15) is 0 Å². The van der Waals surface area contributed by atoms with Crippen molar-refractivity contribution >= 4 is 28.2 Å².